The van der Waals surface area contributed by atoms with Crippen molar-refractivity contribution in [1.82, 2.24) is 4.90 Å². The zero-order valence-electron chi connectivity index (χ0n) is 11.9. The molecule has 1 amide bonds. The van der Waals surface area contributed by atoms with E-state index in [-0.39, 0.29) is 0 Å². The summed E-state index contributed by atoms with van der Waals surface area (Å²) in [4.78, 5) is 14.7. The molecule has 1 heterocycles. The van der Waals surface area contributed by atoms with Crippen molar-refractivity contribution < 1.29 is 14.6 Å². The van der Waals surface area contributed by atoms with Gasteiger partial charge >= 0.3 is 6.09 Å². The first-order valence-electron chi connectivity index (χ1n) is 7.01. The van der Waals surface area contributed by atoms with Crippen molar-refractivity contribution in [3.8, 4) is 0 Å². The summed E-state index contributed by atoms with van der Waals surface area (Å²) < 4.78 is 5.07. The summed E-state index contributed by atoms with van der Waals surface area (Å²) in [7, 11) is 1.71. The lowest BCUT2D eigenvalue weighted by molar-refractivity contribution is 0.148. The first-order chi connectivity index (χ1) is 9.70. The largest absolute Gasteiger partial charge is 0.465 e. The monoisotopic (exact) mass is 278 g/mol. The van der Waals surface area contributed by atoms with Gasteiger partial charge in [0.05, 0.1) is 6.61 Å². The molecule has 0 spiro atoms. The van der Waals surface area contributed by atoms with E-state index in [4.69, 9.17) is 9.84 Å². The fraction of sp³-hybridized carbons (Fsp3) is 0.533. The van der Waals surface area contributed by atoms with Crippen molar-refractivity contribution in [3.63, 3.8) is 0 Å². The lowest BCUT2D eigenvalue weighted by atomic mass is 10.1. The Kier molecular flexibility index (Phi) is 5.24. The van der Waals surface area contributed by atoms with Crippen molar-refractivity contribution in [2.45, 2.75) is 12.8 Å². The lowest BCUT2D eigenvalue weighted by Gasteiger charge is -2.23. The molecular weight excluding hydrogens is 256 g/mol. The summed E-state index contributed by atoms with van der Waals surface area (Å²) in [5, 5.41) is 9.03. The van der Waals surface area contributed by atoms with Gasteiger partial charge in [0.25, 0.3) is 0 Å². The minimum Gasteiger partial charge on any atom is -0.465 e. The lowest BCUT2D eigenvalue weighted by Crippen LogP contribution is -2.34. The van der Waals surface area contributed by atoms with Crippen LogP contribution < -0.4 is 4.90 Å². The Morgan fingerprint density at radius 2 is 1.95 bits per heavy atom. The van der Waals surface area contributed by atoms with Crippen LogP contribution in [0.1, 0.15) is 12.0 Å². The van der Waals surface area contributed by atoms with Gasteiger partial charge in [-0.3, -0.25) is 0 Å². The van der Waals surface area contributed by atoms with Crippen molar-refractivity contribution in [2.24, 2.45) is 0 Å². The molecule has 0 aromatic heterocycles. The van der Waals surface area contributed by atoms with E-state index in [2.05, 4.69) is 29.2 Å². The number of hydrogen-bond donors (Lipinski definition) is 1. The molecule has 20 heavy (non-hydrogen) atoms. The first-order valence-corrected chi connectivity index (χ1v) is 7.01. The zero-order chi connectivity index (χ0) is 14.4. The molecule has 1 fully saturated rings. The summed E-state index contributed by atoms with van der Waals surface area (Å²) in [5.41, 5.74) is 2.43. The Balaban J connectivity index is 1.95. The normalized spacial score (nSPS) is 16.1. The third kappa shape index (κ3) is 3.87. The average molecular weight is 278 g/mol. The van der Waals surface area contributed by atoms with Crippen LogP contribution in [0.15, 0.2) is 24.3 Å². The molecule has 0 saturated carbocycles. The van der Waals surface area contributed by atoms with Crippen LogP contribution in [-0.2, 0) is 11.2 Å². The summed E-state index contributed by atoms with van der Waals surface area (Å²) in [6.07, 6.45) is 0.975. The summed E-state index contributed by atoms with van der Waals surface area (Å²) >= 11 is 0. The fourth-order valence-electron chi connectivity index (χ4n) is 2.46. The molecule has 0 bridgehead atoms. The van der Waals surface area contributed by atoms with Gasteiger partial charge in [0.15, 0.2) is 0 Å². The molecule has 5 heteroatoms. The molecule has 1 aliphatic rings. The van der Waals surface area contributed by atoms with Gasteiger partial charge in [0.1, 0.15) is 0 Å². The number of carbonyl (C=O) groups is 1. The summed E-state index contributed by atoms with van der Waals surface area (Å²) in [6, 6.07) is 8.46. The van der Waals surface area contributed by atoms with Gasteiger partial charge in [-0.05, 0) is 30.5 Å². The van der Waals surface area contributed by atoms with Gasteiger partial charge in [-0.15, -0.1) is 0 Å². The molecule has 1 aromatic rings. The highest BCUT2D eigenvalue weighted by molar-refractivity contribution is 5.65. The molecule has 1 aliphatic heterocycles. The van der Waals surface area contributed by atoms with Crippen LogP contribution in [0.5, 0.6) is 0 Å². The number of methoxy groups -OCH3 is 1. The molecule has 0 unspecified atom stereocenters. The molecule has 0 atom stereocenters. The number of anilines is 1. The molecule has 1 saturated heterocycles. The Hall–Kier alpha value is -1.75. The molecule has 2 rings (SSSR count). The van der Waals surface area contributed by atoms with E-state index < -0.39 is 6.09 Å². The van der Waals surface area contributed by atoms with Crippen LogP contribution in [0.4, 0.5) is 10.5 Å². The average Bonchev–Trinajstić information content (AvgIpc) is 2.71. The Morgan fingerprint density at radius 3 is 2.60 bits per heavy atom. The number of nitrogens with zero attached hydrogens (tertiary/aromatic N) is 2. The Labute approximate surface area is 119 Å². The highest BCUT2D eigenvalue weighted by Crippen LogP contribution is 2.18. The van der Waals surface area contributed by atoms with Crippen LogP contribution in [-0.4, -0.2) is 56.0 Å². The van der Waals surface area contributed by atoms with Gasteiger partial charge in [-0.1, -0.05) is 12.1 Å². The predicted octanol–water partition coefficient (Wildman–Crippen LogP) is 2.07. The van der Waals surface area contributed by atoms with E-state index in [9.17, 15) is 4.79 Å². The van der Waals surface area contributed by atoms with Crippen molar-refractivity contribution in [3.05, 3.63) is 29.8 Å². The topological polar surface area (TPSA) is 53.0 Å². The second kappa shape index (κ2) is 7.14. The van der Waals surface area contributed by atoms with Crippen LogP contribution in [0.3, 0.4) is 0 Å². The second-order valence-electron chi connectivity index (χ2n) is 5.02. The minimum atomic E-state index is -0.818. The van der Waals surface area contributed by atoms with Gasteiger partial charge in [0, 0.05) is 39.0 Å². The van der Waals surface area contributed by atoms with Crippen molar-refractivity contribution >= 4 is 11.8 Å². The van der Waals surface area contributed by atoms with Crippen molar-refractivity contribution in [2.75, 3.05) is 44.8 Å². The molecular formula is C15H22N2O3. The van der Waals surface area contributed by atoms with E-state index in [1.54, 1.807) is 7.11 Å². The third-order valence-corrected chi connectivity index (χ3v) is 3.66. The SMILES string of the molecule is COCCc1ccc(N2CCCN(C(=O)O)CC2)cc1. The van der Waals surface area contributed by atoms with Crippen LogP contribution in [0, 0.1) is 0 Å². The molecule has 0 aliphatic carbocycles. The molecule has 5 nitrogen and oxygen atoms in total. The highest BCUT2D eigenvalue weighted by Gasteiger charge is 2.18. The maximum Gasteiger partial charge on any atom is 0.407 e. The highest BCUT2D eigenvalue weighted by atomic mass is 16.5. The number of benzene rings is 1. The second-order valence-corrected chi connectivity index (χ2v) is 5.02. The minimum absolute atomic E-state index is 0.570. The maximum atomic E-state index is 11.0. The number of rotatable bonds is 4. The van der Waals surface area contributed by atoms with E-state index in [1.165, 1.54) is 16.2 Å². The third-order valence-electron chi connectivity index (χ3n) is 3.66. The van der Waals surface area contributed by atoms with E-state index in [0.29, 0.717) is 13.1 Å². The van der Waals surface area contributed by atoms with Gasteiger partial charge in [-0.2, -0.15) is 0 Å². The van der Waals surface area contributed by atoms with E-state index in [0.717, 1.165) is 32.5 Å². The standard InChI is InChI=1S/C15H22N2O3/c1-20-12-7-13-3-5-14(6-4-13)16-8-2-9-17(11-10-16)15(18)19/h3-6H,2,7-12H2,1H3,(H,18,19). The first kappa shape index (κ1) is 14.7. The molecule has 1 N–H and O–H groups in total. The van der Waals surface area contributed by atoms with Gasteiger partial charge < -0.3 is 19.6 Å². The maximum absolute atomic E-state index is 11.0. The predicted molar refractivity (Wildman–Crippen MR) is 78.4 cm³/mol. The number of amides is 1. The number of ether oxygens (including phenoxy) is 1. The van der Waals surface area contributed by atoms with Crippen LogP contribution >= 0.6 is 0 Å². The number of carboxylic acid groups (broad SMARTS) is 1. The molecule has 1 aromatic carbocycles. The summed E-state index contributed by atoms with van der Waals surface area (Å²) in [6.45, 7) is 3.58. The van der Waals surface area contributed by atoms with Crippen LogP contribution in [0.25, 0.3) is 0 Å². The Morgan fingerprint density at radius 1 is 1.20 bits per heavy atom. The van der Waals surface area contributed by atoms with Crippen molar-refractivity contribution in [1.29, 1.82) is 0 Å². The number of hydrogen-bond acceptors (Lipinski definition) is 3. The van der Waals surface area contributed by atoms with Gasteiger partial charge in [-0.25, -0.2) is 4.79 Å². The summed E-state index contributed by atoms with van der Waals surface area (Å²) in [5.74, 6) is 0. The molecule has 110 valence electrons. The fourth-order valence-corrected chi connectivity index (χ4v) is 2.46. The smallest absolute Gasteiger partial charge is 0.407 e. The van der Waals surface area contributed by atoms with E-state index >= 15 is 0 Å². The van der Waals surface area contributed by atoms with Gasteiger partial charge in [0.2, 0.25) is 0 Å². The van der Waals surface area contributed by atoms with Crippen LogP contribution in [0.2, 0.25) is 0 Å². The quantitative estimate of drug-likeness (QED) is 0.916. The van der Waals surface area contributed by atoms with E-state index in [1.807, 2.05) is 0 Å². The molecule has 0 radical (unpaired) electrons. The zero-order valence-corrected chi connectivity index (χ0v) is 11.9. The Bertz CT molecular complexity index is 433.